The number of aromatic nitrogens is 1. The number of carbonyl (C=O) groups excluding carboxylic acids is 1. The molecule has 2 heterocycles. The summed E-state index contributed by atoms with van der Waals surface area (Å²) < 4.78 is 10.5. The van der Waals surface area contributed by atoms with E-state index < -0.39 is 0 Å². The second-order valence-electron chi connectivity index (χ2n) is 4.58. The molecule has 1 aliphatic heterocycles. The molecule has 1 unspecified atom stereocenters. The van der Waals surface area contributed by atoms with Crippen LogP contribution in [0.3, 0.4) is 0 Å². The molecule has 0 radical (unpaired) electrons. The van der Waals surface area contributed by atoms with Gasteiger partial charge >= 0.3 is 5.97 Å². The summed E-state index contributed by atoms with van der Waals surface area (Å²) in [6.45, 7) is 4.55. The monoisotopic (exact) mass is 264 g/mol. The van der Waals surface area contributed by atoms with E-state index >= 15 is 0 Å². The lowest BCUT2D eigenvalue weighted by atomic mass is 10.0. The Morgan fingerprint density at radius 3 is 3.26 bits per heavy atom. The maximum Gasteiger partial charge on any atom is 0.341 e. The van der Waals surface area contributed by atoms with E-state index in [-0.39, 0.29) is 5.97 Å². The summed E-state index contributed by atoms with van der Waals surface area (Å²) in [7, 11) is 0. The van der Waals surface area contributed by atoms with E-state index in [0.717, 1.165) is 32.6 Å². The largest absolute Gasteiger partial charge is 0.462 e. The topological polar surface area (TPSA) is 60.5 Å². The molecule has 0 aliphatic carbocycles. The number of nitrogens with one attached hydrogen (secondary N) is 1. The molecule has 2 rings (SSSR count). The average Bonchev–Trinajstić information content (AvgIpc) is 2.47. The molecule has 1 atom stereocenters. The zero-order valence-electron chi connectivity index (χ0n) is 11.2. The number of carbonyl (C=O) groups is 1. The number of esters is 1. The first-order valence-electron chi connectivity index (χ1n) is 6.75. The van der Waals surface area contributed by atoms with Crippen LogP contribution in [0.4, 0.5) is 5.82 Å². The molecule has 0 spiro atoms. The van der Waals surface area contributed by atoms with Crippen molar-refractivity contribution in [2.75, 3.05) is 31.7 Å². The molecule has 5 heteroatoms. The van der Waals surface area contributed by atoms with Crippen molar-refractivity contribution in [2.45, 2.75) is 19.8 Å². The summed E-state index contributed by atoms with van der Waals surface area (Å²) in [5.74, 6) is 0.732. The van der Waals surface area contributed by atoms with E-state index in [9.17, 15) is 4.79 Å². The minimum absolute atomic E-state index is 0.335. The molecule has 1 fully saturated rings. The molecule has 1 aromatic heterocycles. The van der Waals surface area contributed by atoms with Crippen LogP contribution in [0, 0.1) is 5.92 Å². The zero-order chi connectivity index (χ0) is 13.5. The number of nitrogens with zero attached hydrogens (tertiary/aromatic N) is 1. The van der Waals surface area contributed by atoms with Crippen LogP contribution in [0.25, 0.3) is 0 Å². The second kappa shape index (κ2) is 7.09. The Balaban J connectivity index is 1.97. The van der Waals surface area contributed by atoms with Gasteiger partial charge in [0.25, 0.3) is 0 Å². The van der Waals surface area contributed by atoms with Gasteiger partial charge in [0, 0.05) is 19.3 Å². The number of hydrogen-bond acceptors (Lipinski definition) is 5. The van der Waals surface area contributed by atoms with Crippen LogP contribution < -0.4 is 5.32 Å². The lowest BCUT2D eigenvalue weighted by molar-refractivity contribution is 0.0526. The highest BCUT2D eigenvalue weighted by Crippen LogP contribution is 2.17. The van der Waals surface area contributed by atoms with Crippen LogP contribution in [0.2, 0.25) is 0 Å². The minimum atomic E-state index is -0.335. The maximum atomic E-state index is 11.8. The zero-order valence-corrected chi connectivity index (χ0v) is 11.2. The van der Waals surface area contributed by atoms with Gasteiger partial charge in [-0.2, -0.15) is 0 Å². The first-order valence-corrected chi connectivity index (χ1v) is 6.75. The van der Waals surface area contributed by atoms with Crippen molar-refractivity contribution in [1.82, 2.24) is 4.98 Å². The Labute approximate surface area is 113 Å². The van der Waals surface area contributed by atoms with Gasteiger partial charge in [-0.1, -0.05) is 0 Å². The highest BCUT2D eigenvalue weighted by atomic mass is 16.5. The summed E-state index contributed by atoms with van der Waals surface area (Å²) in [6, 6.07) is 3.46. The number of ether oxygens (including phenoxy) is 2. The summed E-state index contributed by atoms with van der Waals surface area (Å²) in [5, 5.41) is 3.23. The molecule has 1 saturated heterocycles. The van der Waals surface area contributed by atoms with Crippen molar-refractivity contribution in [3.8, 4) is 0 Å². The van der Waals surface area contributed by atoms with Crippen molar-refractivity contribution in [2.24, 2.45) is 5.92 Å². The lowest BCUT2D eigenvalue weighted by Crippen LogP contribution is -2.25. The fourth-order valence-electron chi connectivity index (χ4n) is 2.13. The molecule has 104 valence electrons. The molecule has 1 aliphatic rings. The van der Waals surface area contributed by atoms with Crippen molar-refractivity contribution in [1.29, 1.82) is 0 Å². The van der Waals surface area contributed by atoms with Crippen LogP contribution >= 0.6 is 0 Å². The number of rotatable bonds is 5. The molecule has 1 aromatic rings. The molecule has 1 N–H and O–H groups in total. The van der Waals surface area contributed by atoms with Gasteiger partial charge < -0.3 is 14.8 Å². The minimum Gasteiger partial charge on any atom is -0.462 e. The molecule has 19 heavy (non-hydrogen) atoms. The Kier molecular flexibility index (Phi) is 5.15. The molecule has 0 aromatic carbocycles. The van der Waals surface area contributed by atoms with Gasteiger partial charge in [-0.15, -0.1) is 0 Å². The smallest absolute Gasteiger partial charge is 0.341 e. The Morgan fingerprint density at radius 1 is 1.63 bits per heavy atom. The Hall–Kier alpha value is -1.62. The van der Waals surface area contributed by atoms with Gasteiger partial charge in [0.05, 0.1) is 13.2 Å². The van der Waals surface area contributed by atoms with Gasteiger partial charge in [0.1, 0.15) is 11.4 Å². The van der Waals surface area contributed by atoms with E-state index in [2.05, 4.69) is 10.3 Å². The van der Waals surface area contributed by atoms with Crippen LogP contribution in [0.1, 0.15) is 30.1 Å². The van der Waals surface area contributed by atoms with Gasteiger partial charge in [0.2, 0.25) is 0 Å². The molecular formula is C14H20N2O3. The van der Waals surface area contributed by atoms with E-state index in [4.69, 9.17) is 9.47 Å². The molecular weight excluding hydrogens is 244 g/mol. The number of anilines is 1. The predicted molar refractivity (Wildman–Crippen MR) is 72.2 cm³/mol. The van der Waals surface area contributed by atoms with Crippen molar-refractivity contribution < 1.29 is 14.3 Å². The van der Waals surface area contributed by atoms with Crippen molar-refractivity contribution in [3.63, 3.8) is 0 Å². The van der Waals surface area contributed by atoms with E-state index in [1.807, 2.05) is 0 Å². The fraction of sp³-hybridized carbons (Fsp3) is 0.571. The third-order valence-corrected chi connectivity index (χ3v) is 3.12. The molecule has 0 saturated carbocycles. The summed E-state index contributed by atoms with van der Waals surface area (Å²) in [5.41, 5.74) is 0.487. The summed E-state index contributed by atoms with van der Waals surface area (Å²) in [6.07, 6.45) is 3.91. The SMILES string of the molecule is CCOC(=O)c1cccnc1NCC1CCCOC1. The predicted octanol–water partition coefficient (Wildman–Crippen LogP) is 2.10. The Morgan fingerprint density at radius 2 is 2.53 bits per heavy atom. The average molecular weight is 264 g/mol. The summed E-state index contributed by atoms with van der Waals surface area (Å²) >= 11 is 0. The third kappa shape index (κ3) is 3.92. The highest BCUT2D eigenvalue weighted by Gasteiger charge is 2.17. The second-order valence-corrected chi connectivity index (χ2v) is 4.58. The summed E-state index contributed by atoms with van der Waals surface area (Å²) in [4.78, 5) is 16.0. The van der Waals surface area contributed by atoms with Crippen molar-refractivity contribution in [3.05, 3.63) is 23.9 Å². The number of hydrogen-bond donors (Lipinski definition) is 1. The van der Waals surface area contributed by atoms with Crippen LogP contribution in [-0.2, 0) is 9.47 Å². The molecule has 5 nitrogen and oxygen atoms in total. The highest BCUT2D eigenvalue weighted by molar-refractivity contribution is 5.94. The maximum absolute atomic E-state index is 11.8. The molecule has 0 bridgehead atoms. The standard InChI is InChI=1S/C14H20N2O3/c1-2-19-14(17)12-6-3-7-15-13(12)16-9-11-5-4-8-18-10-11/h3,6-7,11H,2,4-5,8-10H2,1H3,(H,15,16). The van der Waals surface area contributed by atoms with Crippen molar-refractivity contribution >= 4 is 11.8 Å². The van der Waals surface area contributed by atoms with Gasteiger partial charge in [-0.05, 0) is 37.8 Å². The van der Waals surface area contributed by atoms with Crippen LogP contribution in [0.15, 0.2) is 18.3 Å². The van der Waals surface area contributed by atoms with E-state index in [1.54, 1.807) is 25.3 Å². The fourth-order valence-corrected chi connectivity index (χ4v) is 2.13. The van der Waals surface area contributed by atoms with E-state index in [1.165, 1.54) is 0 Å². The first-order chi connectivity index (χ1) is 9.31. The molecule has 0 amide bonds. The first kappa shape index (κ1) is 13.8. The van der Waals surface area contributed by atoms with Gasteiger partial charge in [-0.3, -0.25) is 0 Å². The van der Waals surface area contributed by atoms with Crippen LogP contribution in [-0.4, -0.2) is 37.3 Å². The van der Waals surface area contributed by atoms with Crippen LogP contribution in [0.5, 0.6) is 0 Å². The van der Waals surface area contributed by atoms with Gasteiger partial charge in [0.15, 0.2) is 0 Å². The Bertz CT molecular complexity index is 417. The lowest BCUT2D eigenvalue weighted by Gasteiger charge is -2.22. The third-order valence-electron chi connectivity index (χ3n) is 3.12. The number of pyridine rings is 1. The normalized spacial score (nSPS) is 18.9. The quantitative estimate of drug-likeness (QED) is 0.825. The van der Waals surface area contributed by atoms with E-state index in [0.29, 0.717) is 23.9 Å². The van der Waals surface area contributed by atoms with Gasteiger partial charge in [-0.25, -0.2) is 9.78 Å².